The topological polar surface area (TPSA) is 170 Å². The molecule has 4 aromatic heterocycles. The Morgan fingerprint density at radius 3 is 2.02 bits per heavy atom. The third-order valence-corrected chi connectivity index (χ3v) is 5.05. The number of rotatable bonds is 1. The second-order valence-corrected chi connectivity index (χ2v) is 7.93. The molecule has 20 heteroatoms. The summed E-state index contributed by atoms with van der Waals surface area (Å²) in [5.74, 6) is -4.88. The van der Waals surface area contributed by atoms with Crippen molar-refractivity contribution in [3.05, 3.63) is 48.2 Å². The number of nitrogens with zero attached hydrogens (tertiary/aromatic N) is 4. The summed E-state index contributed by atoms with van der Waals surface area (Å²) in [4.78, 5) is 33.8. The Labute approximate surface area is 226 Å². The first-order chi connectivity index (χ1) is 19.3. The predicted molar refractivity (Wildman–Crippen MR) is 123 cm³/mol. The van der Waals surface area contributed by atoms with Gasteiger partial charge in [0.05, 0.1) is 23.1 Å². The van der Waals surface area contributed by atoms with Crippen LogP contribution in [-0.4, -0.2) is 64.6 Å². The normalized spacial score (nSPS) is 12.1. The van der Waals surface area contributed by atoms with Crippen LogP contribution in [0.4, 0.5) is 51.0 Å². The summed E-state index contributed by atoms with van der Waals surface area (Å²) in [6, 6.07) is 5.32. The number of aromatic amines is 2. The average Bonchev–Trinajstić information content (AvgIpc) is 3.45. The van der Waals surface area contributed by atoms with E-state index in [1.54, 1.807) is 30.7 Å². The highest BCUT2D eigenvalue weighted by molar-refractivity contribution is 5.95. The highest BCUT2D eigenvalue weighted by atomic mass is 19.4. The summed E-state index contributed by atoms with van der Waals surface area (Å²) in [6.07, 6.45) is -9.90. The minimum Gasteiger partial charge on any atom is -0.475 e. The van der Waals surface area contributed by atoms with Crippen LogP contribution in [0.1, 0.15) is 11.4 Å². The molecule has 42 heavy (non-hydrogen) atoms. The van der Waals surface area contributed by atoms with Crippen LogP contribution in [-0.2, 0) is 15.8 Å². The van der Waals surface area contributed by atoms with Gasteiger partial charge in [-0.2, -0.15) is 44.6 Å². The van der Waals surface area contributed by atoms with E-state index in [4.69, 9.17) is 19.8 Å². The second-order valence-electron chi connectivity index (χ2n) is 7.93. The molecular weight excluding hydrogens is 597 g/mol. The molecule has 0 radical (unpaired) electrons. The molecular formula is C22H14F9N7O4. The molecule has 5 N–H and O–H groups in total. The molecule has 0 spiro atoms. The summed E-state index contributed by atoms with van der Waals surface area (Å²) in [7, 11) is 0. The van der Waals surface area contributed by atoms with Crippen molar-refractivity contribution in [2.24, 2.45) is 0 Å². The van der Waals surface area contributed by atoms with Gasteiger partial charge in [-0.3, -0.25) is 10.1 Å². The standard InChI is InChI=1S/C18H12F3N7.2C2HF3O2/c1-8-12(15(28-27-8)18(19,20)21)17-25-13-9-4-6-22-7-11(9)24-16-10(14(13)26-17)3-2-5-23-16;2*3-2(4,5)1(6)7/h2-7H,1H3,(H,23,24)(H,25,26)(H,27,28);2*(H,6,7). The lowest BCUT2D eigenvalue weighted by Gasteiger charge is -2.08. The van der Waals surface area contributed by atoms with Crippen LogP contribution in [0, 0.1) is 6.92 Å². The number of aliphatic carboxylic acids is 2. The molecule has 0 bridgehead atoms. The van der Waals surface area contributed by atoms with Crippen molar-refractivity contribution in [3.8, 4) is 33.9 Å². The quantitative estimate of drug-likeness (QED) is 0.152. The lowest BCUT2D eigenvalue weighted by atomic mass is 10.1. The summed E-state index contributed by atoms with van der Waals surface area (Å²) >= 11 is 0. The third kappa shape index (κ3) is 6.93. The molecule has 11 nitrogen and oxygen atoms in total. The molecule has 224 valence electrons. The second kappa shape index (κ2) is 11.4. The van der Waals surface area contributed by atoms with Crippen molar-refractivity contribution in [3.63, 3.8) is 0 Å². The number of halogens is 9. The molecule has 0 saturated carbocycles. The Balaban J connectivity index is 0.000000289. The van der Waals surface area contributed by atoms with E-state index < -0.39 is 36.2 Å². The van der Waals surface area contributed by atoms with Gasteiger partial charge in [0.25, 0.3) is 0 Å². The van der Waals surface area contributed by atoms with E-state index in [-0.39, 0.29) is 17.1 Å². The van der Waals surface area contributed by atoms with Crippen LogP contribution in [0.3, 0.4) is 0 Å². The number of alkyl halides is 9. The van der Waals surface area contributed by atoms with Gasteiger partial charge in [-0.05, 0) is 25.1 Å². The number of nitrogens with one attached hydrogen (secondary N) is 3. The minimum absolute atomic E-state index is 0.0861. The molecule has 5 rings (SSSR count). The van der Waals surface area contributed by atoms with Crippen LogP contribution in [0.5, 0.6) is 0 Å². The first kappa shape index (κ1) is 31.4. The summed E-state index contributed by atoms with van der Waals surface area (Å²) in [5.41, 5.74) is 2.34. The van der Waals surface area contributed by atoms with Gasteiger partial charge >= 0.3 is 30.5 Å². The highest BCUT2D eigenvalue weighted by Gasteiger charge is 2.40. The highest BCUT2D eigenvalue weighted by Crippen LogP contribution is 2.44. The van der Waals surface area contributed by atoms with Gasteiger partial charge in [0, 0.05) is 29.2 Å². The van der Waals surface area contributed by atoms with Crippen molar-refractivity contribution in [1.29, 1.82) is 0 Å². The summed E-state index contributed by atoms with van der Waals surface area (Å²) in [5, 5.41) is 23.3. The van der Waals surface area contributed by atoms with Crippen LogP contribution in [0.2, 0.25) is 0 Å². The van der Waals surface area contributed by atoms with Crippen LogP contribution < -0.4 is 5.32 Å². The number of hydrogen-bond donors (Lipinski definition) is 5. The lowest BCUT2D eigenvalue weighted by Crippen LogP contribution is -2.21. The fraction of sp³-hybridized carbons (Fsp3) is 0.182. The van der Waals surface area contributed by atoms with Crippen molar-refractivity contribution in [1.82, 2.24) is 30.1 Å². The predicted octanol–water partition coefficient (Wildman–Crippen LogP) is 5.57. The zero-order valence-electron chi connectivity index (χ0n) is 20.4. The number of aryl methyl sites for hydroxylation is 1. The lowest BCUT2D eigenvalue weighted by molar-refractivity contribution is -0.193. The summed E-state index contributed by atoms with van der Waals surface area (Å²) < 4.78 is 104. The zero-order chi connectivity index (χ0) is 31.6. The molecule has 5 heterocycles. The zero-order valence-corrected chi connectivity index (χ0v) is 20.4. The SMILES string of the molecule is Cc1[nH]nc(C(F)(F)F)c1-c1nc2c([nH]1)-c1ccncc1Nc1ncccc1-2.O=C(O)C(F)(F)F.O=C(O)C(F)(F)F. The largest absolute Gasteiger partial charge is 0.490 e. The number of aromatic nitrogens is 6. The van der Waals surface area contributed by atoms with Gasteiger partial charge in [-0.15, -0.1) is 0 Å². The van der Waals surface area contributed by atoms with E-state index in [0.717, 1.165) is 5.56 Å². The first-order valence-electron chi connectivity index (χ1n) is 10.8. The maximum absolute atomic E-state index is 13.4. The number of carboxylic acids is 2. The molecule has 0 saturated heterocycles. The molecule has 1 aliphatic heterocycles. The van der Waals surface area contributed by atoms with Gasteiger partial charge in [0.1, 0.15) is 17.3 Å². The molecule has 0 atom stereocenters. The molecule has 4 aromatic rings. The maximum Gasteiger partial charge on any atom is 0.490 e. The molecule has 0 aromatic carbocycles. The fourth-order valence-corrected chi connectivity index (χ4v) is 3.34. The fourth-order valence-electron chi connectivity index (χ4n) is 3.34. The van der Waals surface area contributed by atoms with E-state index in [1.807, 2.05) is 6.07 Å². The van der Waals surface area contributed by atoms with Crippen LogP contribution in [0.25, 0.3) is 33.9 Å². The third-order valence-electron chi connectivity index (χ3n) is 5.05. The Hall–Kier alpha value is -5.17. The Bertz CT molecular complexity index is 1520. The number of hydrogen-bond acceptors (Lipinski definition) is 7. The molecule has 0 aliphatic carbocycles. The van der Waals surface area contributed by atoms with E-state index in [2.05, 4.69) is 35.5 Å². The van der Waals surface area contributed by atoms with E-state index >= 15 is 0 Å². The number of pyridine rings is 2. The van der Waals surface area contributed by atoms with Crippen molar-refractivity contribution >= 4 is 23.4 Å². The number of anilines is 2. The van der Waals surface area contributed by atoms with Gasteiger partial charge < -0.3 is 20.5 Å². The maximum atomic E-state index is 13.4. The Kier molecular flexibility index (Phi) is 8.49. The van der Waals surface area contributed by atoms with Gasteiger partial charge in [0.2, 0.25) is 0 Å². The van der Waals surface area contributed by atoms with E-state index in [1.165, 1.54) is 6.92 Å². The van der Waals surface area contributed by atoms with Crippen molar-refractivity contribution in [2.45, 2.75) is 25.5 Å². The number of H-pyrrole nitrogens is 2. The summed E-state index contributed by atoms with van der Waals surface area (Å²) in [6.45, 7) is 1.53. The van der Waals surface area contributed by atoms with Gasteiger partial charge in [-0.1, -0.05) is 0 Å². The molecule has 0 fully saturated rings. The average molecular weight is 611 g/mol. The number of imidazole rings is 1. The first-order valence-corrected chi connectivity index (χ1v) is 10.8. The van der Waals surface area contributed by atoms with Crippen molar-refractivity contribution in [2.75, 3.05) is 5.32 Å². The van der Waals surface area contributed by atoms with Crippen LogP contribution in [0.15, 0.2) is 36.8 Å². The molecule has 0 unspecified atom stereocenters. The van der Waals surface area contributed by atoms with E-state index in [9.17, 15) is 39.5 Å². The Morgan fingerprint density at radius 1 is 0.881 bits per heavy atom. The number of fused-ring (bicyclic) bond motifs is 5. The smallest absolute Gasteiger partial charge is 0.475 e. The van der Waals surface area contributed by atoms with Crippen molar-refractivity contribution < 1.29 is 59.3 Å². The molecule has 0 amide bonds. The van der Waals surface area contributed by atoms with Crippen LogP contribution >= 0.6 is 0 Å². The van der Waals surface area contributed by atoms with Gasteiger partial charge in [0.15, 0.2) is 5.69 Å². The minimum atomic E-state index is -5.08. The van der Waals surface area contributed by atoms with E-state index in [0.29, 0.717) is 28.5 Å². The number of carboxylic acid groups (broad SMARTS) is 2. The molecule has 1 aliphatic rings. The van der Waals surface area contributed by atoms with Gasteiger partial charge in [-0.25, -0.2) is 19.6 Å². The number of carbonyl (C=O) groups is 2. The Morgan fingerprint density at radius 2 is 1.48 bits per heavy atom. The monoisotopic (exact) mass is 611 g/mol.